The van der Waals surface area contributed by atoms with E-state index in [1.165, 1.54) is 32.1 Å². The second-order valence-electron chi connectivity index (χ2n) is 3.01. The Kier molecular flexibility index (Phi) is 12.1. The van der Waals surface area contributed by atoms with Gasteiger partial charge in [-0.05, 0) is 5.92 Å². The van der Waals surface area contributed by atoms with Crippen LogP contribution in [0.4, 0.5) is 0 Å². The number of rotatable bonds is 5. The van der Waals surface area contributed by atoms with E-state index in [1.54, 1.807) is 0 Å². The van der Waals surface area contributed by atoms with Crippen molar-refractivity contribution in [2.24, 2.45) is 5.92 Å². The molecular formula is C9H22S. The minimum atomic E-state index is 0. The van der Waals surface area contributed by atoms with Gasteiger partial charge in [-0.25, -0.2) is 0 Å². The zero-order valence-electron chi connectivity index (χ0n) is 7.61. The minimum Gasteiger partial charge on any atom is -0.197 e. The second-order valence-corrected chi connectivity index (χ2v) is 3.01. The summed E-state index contributed by atoms with van der Waals surface area (Å²) in [6.45, 7) is 6.88. The van der Waals surface area contributed by atoms with Crippen molar-refractivity contribution < 1.29 is 0 Å². The van der Waals surface area contributed by atoms with Crippen LogP contribution in [0.3, 0.4) is 0 Å². The monoisotopic (exact) mass is 162 g/mol. The molecule has 0 aliphatic rings. The molecule has 0 N–H and O–H groups in total. The van der Waals surface area contributed by atoms with E-state index in [9.17, 15) is 0 Å². The van der Waals surface area contributed by atoms with Gasteiger partial charge in [0.05, 0.1) is 0 Å². The Morgan fingerprint density at radius 2 is 1.70 bits per heavy atom. The van der Waals surface area contributed by atoms with Crippen molar-refractivity contribution >= 4 is 13.5 Å². The largest absolute Gasteiger partial charge is 0.197 e. The fourth-order valence-electron chi connectivity index (χ4n) is 0.947. The van der Waals surface area contributed by atoms with Gasteiger partial charge in [0.15, 0.2) is 0 Å². The van der Waals surface area contributed by atoms with E-state index in [0.29, 0.717) is 0 Å². The number of hydrogen-bond donors (Lipinski definition) is 0. The topological polar surface area (TPSA) is 0 Å². The maximum atomic E-state index is 2.34. The maximum absolute atomic E-state index is 2.34. The third-order valence-corrected chi connectivity index (χ3v) is 2.00. The van der Waals surface area contributed by atoms with E-state index < -0.39 is 0 Å². The molecule has 0 bridgehead atoms. The molecule has 0 radical (unpaired) electrons. The molecule has 0 saturated carbocycles. The normalized spacial score (nSPS) is 12.3. The fourth-order valence-corrected chi connectivity index (χ4v) is 0.947. The SMILES string of the molecule is CCCCCC(C)CC.S. The Morgan fingerprint density at radius 3 is 2.10 bits per heavy atom. The van der Waals surface area contributed by atoms with Crippen LogP contribution in [-0.2, 0) is 0 Å². The van der Waals surface area contributed by atoms with Crippen LogP contribution in [0.5, 0.6) is 0 Å². The van der Waals surface area contributed by atoms with Gasteiger partial charge in [-0.2, -0.15) is 13.5 Å². The molecule has 0 aliphatic carbocycles. The third kappa shape index (κ3) is 8.35. The number of hydrogen-bond acceptors (Lipinski definition) is 0. The van der Waals surface area contributed by atoms with Gasteiger partial charge in [0.25, 0.3) is 0 Å². The smallest absolute Gasteiger partial charge is 0.0445 e. The van der Waals surface area contributed by atoms with Crippen molar-refractivity contribution in [2.75, 3.05) is 0 Å². The molecular weight excluding hydrogens is 140 g/mol. The van der Waals surface area contributed by atoms with Crippen molar-refractivity contribution in [1.82, 2.24) is 0 Å². The van der Waals surface area contributed by atoms with Crippen molar-refractivity contribution in [3.63, 3.8) is 0 Å². The predicted molar refractivity (Wildman–Crippen MR) is 54.0 cm³/mol. The Labute approximate surface area is 72.9 Å². The van der Waals surface area contributed by atoms with Crippen molar-refractivity contribution in [3.05, 3.63) is 0 Å². The van der Waals surface area contributed by atoms with E-state index in [0.717, 1.165) is 5.92 Å². The Morgan fingerprint density at radius 1 is 1.10 bits per heavy atom. The lowest BCUT2D eigenvalue weighted by Gasteiger charge is -2.05. The molecule has 0 aromatic rings. The van der Waals surface area contributed by atoms with Gasteiger partial charge in [-0.15, -0.1) is 0 Å². The van der Waals surface area contributed by atoms with Crippen LogP contribution in [0, 0.1) is 5.92 Å². The van der Waals surface area contributed by atoms with Crippen molar-refractivity contribution in [2.45, 2.75) is 52.9 Å². The van der Waals surface area contributed by atoms with Crippen LogP contribution >= 0.6 is 13.5 Å². The fraction of sp³-hybridized carbons (Fsp3) is 1.00. The molecule has 0 aromatic carbocycles. The highest BCUT2D eigenvalue weighted by atomic mass is 32.1. The average Bonchev–Trinajstić information content (AvgIpc) is 1.89. The van der Waals surface area contributed by atoms with Gasteiger partial charge in [-0.1, -0.05) is 52.9 Å². The van der Waals surface area contributed by atoms with Gasteiger partial charge < -0.3 is 0 Å². The zero-order chi connectivity index (χ0) is 7.11. The highest BCUT2D eigenvalue weighted by Gasteiger charge is 1.95. The standard InChI is InChI=1S/C9H20.H2S/c1-4-6-7-8-9(3)5-2;/h9H,4-8H2,1-3H3;1H2. The van der Waals surface area contributed by atoms with Crippen LogP contribution in [0.2, 0.25) is 0 Å². The zero-order valence-corrected chi connectivity index (χ0v) is 8.61. The molecule has 1 atom stereocenters. The van der Waals surface area contributed by atoms with Crippen LogP contribution in [0.1, 0.15) is 52.9 Å². The minimum absolute atomic E-state index is 0. The molecule has 0 fully saturated rings. The highest BCUT2D eigenvalue weighted by Crippen LogP contribution is 2.11. The van der Waals surface area contributed by atoms with E-state index in [1.807, 2.05) is 0 Å². The summed E-state index contributed by atoms with van der Waals surface area (Å²) in [7, 11) is 0. The molecule has 0 heterocycles. The quantitative estimate of drug-likeness (QED) is 0.540. The van der Waals surface area contributed by atoms with Crippen molar-refractivity contribution in [1.29, 1.82) is 0 Å². The average molecular weight is 162 g/mol. The first-order chi connectivity index (χ1) is 4.31. The molecule has 0 rings (SSSR count). The summed E-state index contributed by atoms with van der Waals surface area (Å²) < 4.78 is 0. The van der Waals surface area contributed by atoms with E-state index in [4.69, 9.17) is 0 Å². The third-order valence-electron chi connectivity index (χ3n) is 2.00. The lowest BCUT2D eigenvalue weighted by molar-refractivity contribution is 0.482. The first-order valence-corrected chi connectivity index (χ1v) is 4.31. The predicted octanol–water partition coefficient (Wildman–Crippen LogP) is 3.73. The maximum Gasteiger partial charge on any atom is -0.0445 e. The lowest BCUT2D eigenvalue weighted by atomic mass is 10.0. The van der Waals surface area contributed by atoms with Gasteiger partial charge in [0, 0.05) is 0 Å². The van der Waals surface area contributed by atoms with E-state index in [2.05, 4.69) is 20.8 Å². The molecule has 0 spiro atoms. The molecule has 0 saturated heterocycles. The molecule has 1 unspecified atom stereocenters. The molecule has 10 heavy (non-hydrogen) atoms. The molecule has 0 aromatic heterocycles. The Bertz CT molecular complexity index is 52.7. The second kappa shape index (κ2) is 9.35. The summed E-state index contributed by atoms with van der Waals surface area (Å²) in [6.07, 6.45) is 7.00. The molecule has 0 aliphatic heterocycles. The summed E-state index contributed by atoms with van der Waals surface area (Å²) in [5.41, 5.74) is 0. The first-order valence-electron chi connectivity index (χ1n) is 4.31. The van der Waals surface area contributed by atoms with Crippen LogP contribution in [-0.4, -0.2) is 0 Å². The number of unbranched alkanes of at least 4 members (excludes halogenated alkanes) is 2. The molecule has 0 amide bonds. The van der Waals surface area contributed by atoms with Crippen LogP contribution in [0.25, 0.3) is 0 Å². The summed E-state index contributed by atoms with van der Waals surface area (Å²) >= 11 is 0. The summed E-state index contributed by atoms with van der Waals surface area (Å²) in [4.78, 5) is 0. The van der Waals surface area contributed by atoms with Crippen LogP contribution < -0.4 is 0 Å². The molecule has 64 valence electrons. The highest BCUT2D eigenvalue weighted by molar-refractivity contribution is 7.59. The van der Waals surface area contributed by atoms with E-state index >= 15 is 0 Å². The Hall–Kier alpha value is 0.350. The van der Waals surface area contributed by atoms with E-state index in [-0.39, 0.29) is 13.5 Å². The molecule has 1 heteroatoms. The van der Waals surface area contributed by atoms with Gasteiger partial charge >= 0.3 is 0 Å². The molecule has 0 nitrogen and oxygen atoms in total. The Balaban J connectivity index is 0. The lowest BCUT2D eigenvalue weighted by Crippen LogP contribution is -1.90. The summed E-state index contributed by atoms with van der Waals surface area (Å²) in [5, 5.41) is 0. The first kappa shape index (κ1) is 13.0. The van der Waals surface area contributed by atoms with Crippen molar-refractivity contribution in [3.8, 4) is 0 Å². The van der Waals surface area contributed by atoms with Gasteiger partial charge in [0.2, 0.25) is 0 Å². The van der Waals surface area contributed by atoms with Gasteiger partial charge in [-0.3, -0.25) is 0 Å². The van der Waals surface area contributed by atoms with Crippen LogP contribution in [0.15, 0.2) is 0 Å². The van der Waals surface area contributed by atoms with Gasteiger partial charge in [0.1, 0.15) is 0 Å². The summed E-state index contributed by atoms with van der Waals surface area (Å²) in [5.74, 6) is 0.955. The summed E-state index contributed by atoms with van der Waals surface area (Å²) in [6, 6.07) is 0.